The van der Waals surface area contributed by atoms with Crippen LogP contribution < -0.4 is 30.1 Å². The van der Waals surface area contributed by atoms with Crippen LogP contribution in [-0.2, 0) is 4.79 Å². The maximum atomic E-state index is 14.7. The molecule has 2 aliphatic rings. The van der Waals surface area contributed by atoms with Crippen LogP contribution in [0.1, 0.15) is 24.2 Å². The summed E-state index contributed by atoms with van der Waals surface area (Å²) in [4.78, 5) is 40.7. The number of halogens is 2. The minimum absolute atomic E-state index is 0.108. The Bertz CT molecular complexity index is 1220. The van der Waals surface area contributed by atoms with E-state index in [1.54, 1.807) is 27.0 Å². The highest BCUT2D eigenvalue weighted by molar-refractivity contribution is 6.02. The normalized spacial score (nSPS) is 17.8. The maximum Gasteiger partial charge on any atom is 0.342 e. The van der Waals surface area contributed by atoms with Gasteiger partial charge in [-0.15, -0.1) is 0 Å². The van der Waals surface area contributed by atoms with Crippen LogP contribution in [0.25, 0.3) is 0 Å². The average molecular weight is 533 g/mol. The summed E-state index contributed by atoms with van der Waals surface area (Å²) < 4.78 is 35.0. The molecule has 206 valence electrons. The van der Waals surface area contributed by atoms with Gasteiger partial charge in [0.15, 0.2) is 11.6 Å². The van der Waals surface area contributed by atoms with E-state index in [4.69, 9.17) is 4.74 Å². The first-order valence-corrected chi connectivity index (χ1v) is 12.4. The summed E-state index contributed by atoms with van der Waals surface area (Å²) in [5, 5.41) is 5.77. The van der Waals surface area contributed by atoms with Gasteiger partial charge in [-0.3, -0.25) is 9.59 Å². The molecule has 0 radical (unpaired) electrons. The fourth-order valence-corrected chi connectivity index (χ4v) is 4.61. The van der Waals surface area contributed by atoms with Crippen molar-refractivity contribution >= 4 is 40.6 Å². The lowest BCUT2D eigenvalue weighted by molar-refractivity contribution is -0.140. The van der Waals surface area contributed by atoms with E-state index in [1.165, 1.54) is 25.3 Å². The number of carbonyl (C=O) groups excluding carboxylic acids is 2. The molecular formula is C25H34F2N8O3. The second-order valence-electron chi connectivity index (χ2n) is 9.76. The van der Waals surface area contributed by atoms with Gasteiger partial charge in [0.25, 0.3) is 11.8 Å². The number of hydrogen-bond donors (Lipinski definition) is 2. The first-order chi connectivity index (χ1) is 18.0. The zero-order valence-corrected chi connectivity index (χ0v) is 22.5. The number of fused-ring (bicyclic) bond motifs is 1. The number of methoxy groups -OCH3 is 1. The quantitative estimate of drug-likeness (QED) is 0.579. The van der Waals surface area contributed by atoms with Gasteiger partial charge in [0.1, 0.15) is 5.69 Å². The lowest BCUT2D eigenvalue weighted by atomic mass is 10.1. The summed E-state index contributed by atoms with van der Waals surface area (Å²) in [7, 11) is 6.35. The monoisotopic (exact) mass is 532 g/mol. The molecule has 3 heterocycles. The van der Waals surface area contributed by atoms with Crippen molar-refractivity contribution in [2.45, 2.75) is 25.8 Å². The van der Waals surface area contributed by atoms with Crippen LogP contribution in [0, 0.1) is 0 Å². The van der Waals surface area contributed by atoms with Crippen LogP contribution in [0.4, 0.5) is 37.6 Å². The van der Waals surface area contributed by atoms with Gasteiger partial charge in [0, 0.05) is 52.0 Å². The molecule has 4 rings (SSSR count). The standard InChI is InChI=1S/C25H34F2N8O3/c1-15(2)35-14-25(26,27)23(37)33(5)19-13-29-24(31-21(19)35)30-18-12-16(34-9-7-32(4)8-10-34)11-17(20(18)38-6)22(36)28-3/h11-13,15H,7-10,14H2,1-6H3,(H,28,36)(H,29,30,31). The summed E-state index contributed by atoms with van der Waals surface area (Å²) >= 11 is 0. The molecule has 1 saturated heterocycles. The van der Waals surface area contributed by atoms with Gasteiger partial charge in [0.2, 0.25) is 5.95 Å². The van der Waals surface area contributed by atoms with Crippen molar-refractivity contribution in [3.05, 3.63) is 23.9 Å². The smallest absolute Gasteiger partial charge is 0.342 e. The Morgan fingerprint density at radius 2 is 1.84 bits per heavy atom. The van der Waals surface area contributed by atoms with Gasteiger partial charge in [-0.05, 0) is 33.0 Å². The highest BCUT2D eigenvalue weighted by Gasteiger charge is 2.47. The Morgan fingerprint density at radius 3 is 2.45 bits per heavy atom. The lowest BCUT2D eigenvalue weighted by Gasteiger charge is -2.34. The van der Waals surface area contributed by atoms with Crippen LogP contribution in [0.5, 0.6) is 5.75 Å². The van der Waals surface area contributed by atoms with E-state index >= 15 is 0 Å². The highest BCUT2D eigenvalue weighted by atomic mass is 19.3. The third-order valence-corrected chi connectivity index (χ3v) is 6.86. The second-order valence-corrected chi connectivity index (χ2v) is 9.76. The van der Waals surface area contributed by atoms with Crippen LogP contribution >= 0.6 is 0 Å². The molecule has 2 aliphatic heterocycles. The van der Waals surface area contributed by atoms with Gasteiger partial charge < -0.3 is 35.0 Å². The number of benzene rings is 1. The van der Waals surface area contributed by atoms with Crippen LogP contribution in [0.2, 0.25) is 0 Å². The van der Waals surface area contributed by atoms with Gasteiger partial charge in [-0.1, -0.05) is 0 Å². The topological polar surface area (TPSA) is 106 Å². The predicted molar refractivity (Wildman–Crippen MR) is 142 cm³/mol. The van der Waals surface area contributed by atoms with Crippen LogP contribution in [-0.4, -0.2) is 99.6 Å². The Labute approximate surface area is 220 Å². The molecule has 38 heavy (non-hydrogen) atoms. The van der Waals surface area contributed by atoms with E-state index in [2.05, 4.69) is 37.4 Å². The Kier molecular flexibility index (Phi) is 7.58. The summed E-state index contributed by atoms with van der Waals surface area (Å²) in [6.07, 6.45) is 1.34. The summed E-state index contributed by atoms with van der Waals surface area (Å²) in [6.45, 7) is 6.01. The number of likely N-dealkylation sites (N-methyl/N-ethyl adjacent to an activating group) is 1. The molecule has 0 bridgehead atoms. The van der Waals surface area contributed by atoms with Crippen molar-refractivity contribution in [1.29, 1.82) is 0 Å². The van der Waals surface area contributed by atoms with E-state index in [9.17, 15) is 18.4 Å². The fourth-order valence-electron chi connectivity index (χ4n) is 4.61. The van der Waals surface area contributed by atoms with E-state index in [-0.39, 0.29) is 29.4 Å². The number of rotatable bonds is 6. The molecular weight excluding hydrogens is 498 g/mol. The first-order valence-electron chi connectivity index (χ1n) is 12.4. The predicted octanol–water partition coefficient (Wildman–Crippen LogP) is 2.17. The third-order valence-electron chi connectivity index (χ3n) is 6.86. The highest BCUT2D eigenvalue weighted by Crippen LogP contribution is 2.39. The lowest BCUT2D eigenvalue weighted by Crippen LogP contribution is -2.47. The van der Waals surface area contributed by atoms with Crippen LogP contribution in [0.3, 0.4) is 0 Å². The summed E-state index contributed by atoms with van der Waals surface area (Å²) in [5.74, 6) is -4.63. The number of anilines is 5. The zero-order chi connectivity index (χ0) is 27.8. The molecule has 0 unspecified atom stereocenters. The molecule has 0 atom stereocenters. The molecule has 2 aromatic rings. The van der Waals surface area contributed by atoms with Crippen LogP contribution in [0.15, 0.2) is 18.3 Å². The number of ether oxygens (including phenoxy) is 1. The van der Waals surface area contributed by atoms with Crippen molar-refractivity contribution in [1.82, 2.24) is 20.2 Å². The van der Waals surface area contributed by atoms with E-state index in [1.807, 2.05) is 6.07 Å². The van der Waals surface area contributed by atoms with E-state index in [0.717, 1.165) is 36.8 Å². The number of hydrogen-bond acceptors (Lipinski definition) is 9. The molecule has 11 nitrogen and oxygen atoms in total. The molecule has 2 N–H and O–H groups in total. The molecule has 1 aromatic heterocycles. The van der Waals surface area contributed by atoms with Crippen molar-refractivity contribution in [3.63, 3.8) is 0 Å². The Hall–Kier alpha value is -3.74. The Balaban J connectivity index is 1.78. The molecule has 0 aliphatic carbocycles. The molecule has 0 spiro atoms. The van der Waals surface area contributed by atoms with Gasteiger partial charge in [-0.25, -0.2) is 4.98 Å². The molecule has 13 heteroatoms. The molecule has 1 aromatic carbocycles. The second kappa shape index (κ2) is 10.6. The van der Waals surface area contributed by atoms with Crippen molar-refractivity contribution in [2.75, 3.05) is 81.0 Å². The number of aromatic nitrogens is 2. The number of piperazine rings is 1. The zero-order valence-electron chi connectivity index (χ0n) is 22.5. The molecule has 2 amide bonds. The van der Waals surface area contributed by atoms with E-state index < -0.39 is 18.4 Å². The SMILES string of the molecule is CNC(=O)c1cc(N2CCN(C)CC2)cc(Nc2ncc3c(n2)N(C(C)C)CC(F)(F)C(=O)N3C)c1OC. The summed E-state index contributed by atoms with van der Waals surface area (Å²) in [5.41, 5.74) is 1.78. The third kappa shape index (κ3) is 5.15. The number of carbonyl (C=O) groups is 2. The molecule has 1 fully saturated rings. The fraction of sp³-hybridized carbons (Fsp3) is 0.520. The van der Waals surface area contributed by atoms with Gasteiger partial charge in [-0.2, -0.15) is 13.8 Å². The van der Waals surface area contributed by atoms with Crippen molar-refractivity contribution in [3.8, 4) is 5.75 Å². The number of amides is 2. The van der Waals surface area contributed by atoms with Gasteiger partial charge in [0.05, 0.1) is 31.1 Å². The largest absolute Gasteiger partial charge is 0.494 e. The van der Waals surface area contributed by atoms with Crippen molar-refractivity contribution in [2.24, 2.45) is 0 Å². The number of alkyl halides is 2. The number of nitrogens with one attached hydrogen (secondary N) is 2. The first kappa shape index (κ1) is 27.3. The van der Waals surface area contributed by atoms with E-state index in [0.29, 0.717) is 17.0 Å². The average Bonchev–Trinajstić information content (AvgIpc) is 2.96. The molecule has 0 saturated carbocycles. The summed E-state index contributed by atoms with van der Waals surface area (Å²) in [6, 6.07) is 3.28. The minimum Gasteiger partial charge on any atom is -0.494 e. The van der Waals surface area contributed by atoms with Crippen molar-refractivity contribution < 1.29 is 23.1 Å². The number of nitrogens with zero attached hydrogens (tertiary/aromatic N) is 6. The minimum atomic E-state index is -3.59. The maximum absolute atomic E-state index is 14.7. The Morgan fingerprint density at radius 1 is 1.16 bits per heavy atom. The van der Waals surface area contributed by atoms with Gasteiger partial charge >= 0.3 is 5.92 Å².